The van der Waals surface area contributed by atoms with Crippen LogP contribution in [0.25, 0.3) is 0 Å². The monoisotopic (exact) mass is 223 g/mol. The molecule has 2 rings (SSSR count). The summed E-state index contributed by atoms with van der Waals surface area (Å²) in [4.78, 5) is 12.1. The molecule has 0 aromatic carbocycles. The van der Waals surface area contributed by atoms with Crippen LogP contribution in [0.1, 0.15) is 11.7 Å². The van der Waals surface area contributed by atoms with Crippen molar-refractivity contribution in [1.29, 1.82) is 0 Å². The van der Waals surface area contributed by atoms with Crippen molar-refractivity contribution in [3.63, 3.8) is 0 Å². The summed E-state index contributed by atoms with van der Waals surface area (Å²) in [5.41, 5.74) is 5.63. The Morgan fingerprint density at radius 3 is 2.87 bits per heavy atom. The lowest BCUT2D eigenvalue weighted by molar-refractivity contribution is 0.389. The van der Waals surface area contributed by atoms with E-state index >= 15 is 0 Å². The maximum Gasteiger partial charge on any atom is 0.223 e. The molecule has 0 spiro atoms. The fraction of sp³-hybridized carbons (Fsp3) is 0.250. The lowest BCUT2D eigenvalue weighted by atomic mass is 10.7. The van der Waals surface area contributed by atoms with Crippen LogP contribution >= 0.6 is 11.8 Å². The molecule has 0 unspecified atom stereocenters. The second-order valence-electron chi connectivity index (χ2n) is 2.77. The van der Waals surface area contributed by atoms with E-state index in [1.807, 2.05) is 0 Å². The first kappa shape index (κ1) is 9.91. The van der Waals surface area contributed by atoms with Crippen LogP contribution in [0.2, 0.25) is 0 Å². The molecule has 0 aliphatic carbocycles. The summed E-state index contributed by atoms with van der Waals surface area (Å²) in [5.74, 6) is 2.17. The minimum Gasteiger partial charge on any atom is -0.381 e. The highest BCUT2D eigenvalue weighted by atomic mass is 32.2. The van der Waals surface area contributed by atoms with Gasteiger partial charge in [0.05, 0.1) is 5.75 Å². The van der Waals surface area contributed by atoms with E-state index in [9.17, 15) is 0 Å². The molecule has 2 N–H and O–H groups in total. The molecule has 0 amide bonds. The van der Waals surface area contributed by atoms with Gasteiger partial charge in [0.25, 0.3) is 0 Å². The van der Waals surface area contributed by atoms with Crippen LogP contribution in [0, 0.1) is 6.92 Å². The van der Waals surface area contributed by atoms with E-state index in [-0.39, 0.29) is 0 Å². The van der Waals surface area contributed by atoms with Gasteiger partial charge in [-0.25, -0.2) is 9.97 Å². The van der Waals surface area contributed by atoms with Gasteiger partial charge in [0.1, 0.15) is 5.03 Å². The van der Waals surface area contributed by atoms with Gasteiger partial charge in [-0.3, -0.25) is 0 Å². The van der Waals surface area contributed by atoms with Crippen LogP contribution in [0.4, 0.5) is 5.82 Å². The molecule has 2 aromatic rings. The van der Waals surface area contributed by atoms with Crippen molar-refractivity contribution in [2.24, 2.45) is 0 Å². The molecule has 0 saturated carbocycles. The Labute approximate surface area is 90.3 Å². The van der Waals surface area contributed by atoms with E-state index in [4.69, 9.17) is 10.3 Å². The van der Waals surface area contributed by atoms with Gasteiger partial charge in [-0.1, -0.05) is 16.9 Å². The van der Waals surface area contributed by atoms with E-state index in [0.717, 1.165) is 0 Å². The van der Waals surface area contributed by atoms with Crippen molar-refractivity contribution in [1.82, 2.24) is 20.1 Å². The molecule has 15 heavy (non-hydrogen) atoms. The second-order valence-corrected chi connectivity index (χ2v) is 3.73. The molecule has 0 aliphatic rings. The van der Waals surface area contributed by atoms with Crippen molar-refractivity contribution < 1.29 is 4.52 Å². The molecule has 0 atom stereocenters. The highest BCUT2D eigenvalue weighted by molar-refractivity contribution is 7.98. The number of nitrogens with two attached hydrogens (primary N) is 1. The maximum atomic E-state index is 5.63. The van der Waals surface area contributed by atoms with Crippen molar-refractivity contribution >= 4 is 17.6 Å². The molecule has 0 radical (unpaired) electrons. The lowest BCUT2D eigenvalue weighted by Crippen LogP contribution is -1.95. The summed E-state index contributed by atoms with van der Waals surface area (Å²) in [7, 11) is 0. The number of hydrogen-bond acceptors (Lipinski definition) is 7. The van der Waals surface area contributed by atoms with E-state index in [0.29, 0.717) is 28.3 Å². The summed E-state index contributed by atoms with van der Waals surface area (Å²) < 4.78 is 4.84. The number of aromatic nitrogens is 4. The molecule has 78 valence electrons. The molecule has 0 bridgehead atoms. The number of nitrogens with zero attached hydrogens (tertiary/aromatic N) is 4. The molecule has 2 aromatic heterocycles. The van der Waals surface area contributed by atoms with Crippen molar-refractivity contribution in [3.05, 3.63) is 24.1 Å². The topological polar surface area (TPSA) is 90.7 Å². The first-order chi connectivity index (χ1) is 7.25. The summed E-state index contributed by atoms with van der Waals surface area (Å²) in [6.45, 7) is 1.75. The quantitative estimate of drug-likeness (QED) is 0.777. The second kappa shape index (κ2) is 4.26. The normalized spacial score (nSPS) is 10.5. The van der Waals surface area contributed by atoms with E-state index in [1.165, 1.54) is 11.8 Å². The molecule has 6 nitrogen and oxygen atoms in total. The Balaban J connectivity index is 2.02. The average molecular weight is 223 g/mol. The number of anilines is 1. The van der Waals surface area contributed by atoms with Crippen molar-refractivity contribution in [2.75, 3.05) is 5.73 Å². The lowest BCUT2D eigenvalue weighted by Gasteiger charge is -1.99. The Hall–Kier alpha value is -1.63. The van der Waals surface area contributed by atoms with Gasteiger partial charge in [-0.15, -0.1) is 0 Å². The number of aryl methyl sites for hydroxylation is 1. The van der Waals surface area contributed by atoms with Crippen LogP contribution in [0.3, 0.4) is 0 Å². The van der Waals surface area contributed by atoms with Crippen LogP contribution in [-0.4, -0.2) is 20.1 Å². The number of rotatable bonds is 3. The smallest absolute Gasteiger partial charge is 0.223 e. The number of hydrogen-bond donors (Lipinski definition) is 1. The molecule has 0 saturated heterocycles. The Kier molecular flexibility index (Phi) is 2.82. The molecular weight excluding hydrogens is 214 g/mol. The average Bonchev–Trinajstić information content (AvgIpc) is 2.63. The minimum absolute atomic E-state index is 0.419. The molecule has 2 heterocycles. The van der Waals surface area contributed by atoms with E-state index < -0.39 is 0 Å². The Morgan fingerprint density at radius 2 is 2.20 bits per heavy atom. The number of nitrogen functional groups attached to an aromatic ring is 1. The van der Waals surface area contributed by atoms with Gasteiger partial charge in [0.15, 0.2) is 11.6 Å². The van der Waals surface area contributed by atoms with Gasteiger partial charge in [-0.2, -0.15) is 4.98 Å². The van der Waals surface area contributed by atoms with Crippen LogP contribution in [-0.2, 0) is 5.75 Å². The zero-order valence-electron chi connectivity index (χ0n) is 8.04. The third-order valence-corrected chi connectivity index (χ3v) is 2.59. The van der Waals surface area contributed by atoms with Crippen LogP contribution in [0.5, 0.6) is 0 Å². The van der Waals surface area contributed by atoms with Crippen LogP contribution in [0.15, 0.2) is 21.9 Å². The fourth-order valence-corrected chi connectivity index (χ4v) is 1.70. The van der Waals surface area contributed by atoms with Gasteiger partial charge in [0, 0.05) is 19.3 Å². The van der Waals surface area contributed by atoms with E-state index in [2.05, 4.69) is 20.1 Å². The van der Waals surface area contributed by atoms with Gasteiger partial charge in [0.2, 0.25) is 5.89 Å². The van der Waals surface area contributed by atoms with Gasteiger partial charge in [-0.05, 0) is 0 Å². The SMILES string of the molecule is Cc1nc(CSc2nccnc2N)no1. The largest absolute Gasteiger partial charge is 0.381 e. The molecular formula is C8H9N5OS. The van der Waals surface area contributed by atoms with Gasteiger partial charge >= 0.3 is 0 Å². The zero-order chi connectivity index (χ0) is 10.7. The predicted molar refractivity (Wildman–Crippen MR) is 55.0 cm³/mol. The number of thioether (sulfide) groups is 1. The molecule has 0 aliphatic heterocycles. The first-order valence-electron chi connectivity index (χ1n) is 4.24. The summed E-state index contributed by atoms with van der Waals surface area (Å²) in [6.07, 6.45) is 3.15. The summed E-state index contributed by atoms with van der Waals surface area (Å²) >= 11 is 1.43. The summed E-state index contributed by atoms with van der Waals surface area (Å²) in [5, 5.41) is 4.45. The Bertz CT molecular complexity index is 458. The van der Waals surface area contributed by atoms with E-state index in [1.54, 1.807) is 19.3 Å². The Morgan fingerprint density at radius 1 is 1.40 bits per heavy atom. The highest BCUT2D eigenvalue weighted by Gasteiger charge is 2.06. The van der Waals surface area contributed by atoms with Crippen molar-refractivity contribution in [3.8, 4) is 0 Å². The predicted octanol–water partition coefficient (Wildman–Crippen LogP) is 1.04. The third kappa shape index (κ3) is 2.44. The molecule has 7 heteroatoms. The highest BCUT2D eigenvalue weighted by Crippen LogP contribution is 2.22. The third-order valence-electron chi connectivity index (χ3n) is 1.60. The van der Waals surface area contributed by atoms with Gasteiger partial charge < -0.3 is 10.3 Å². The minimum atomic E-state index is 0.419. The van der Waals surface area contributed by atoms with Crippen molar-refractivity contribution in [2.45, 2.75) is 17.7 Å². The molecule has 0 fully saturated rings. The van der Waals surface area contributed by atoms with Crippen LogP contribution < -0.4 is 5.73 Å². The standard InChI is InChI=1S/C8H9N5OS/c1-5-12-6(13-14-5)4-15-8-7(9)10-2-3-11-8/h2-3H,4H2,1H3,(H2,9,10). The zero-order valence-corrected chi connectivity index (χ0v) is 8.86. The fourth-order valence-electron chi connectivity index (χ4n) is 0.980. The first-order valence-corrected chi connectivity index (χ1v) is 5.23. The summed E-state index contributed by atoms with van der Waals surface area (Å²) in [6, 6.07) is 0. The maximum absolute atomic E-state index is 5.63.